The summed E-state index contributed by atoms with van der Waals surface area (Å²) in [6, 6.07) is 11.1. The Morgan fingerprint density at radius 1 is 0.966 bits per heavy atom. The number of amides is 2. The van der Waals surface area contributed by atoms with Gasteiger partial charge in [0.25, 0.3) is 11.8 Å². The molecule has 156 valence electrons. The van der Waals surface area contributed by atoms with Gasteiger partial charge in [0, 0.05) is 5.02 Å². The Morgan fingerprint density at radius 2 is 1.55 bits per heavy atom. The number of rotatable bonds is 7. The van der Waals surface area contributed by atoms with E-state index in [1.807, 2.05) is 38.1 Å². The topological polar surface area (TPSA) is 76.7 Å². The molecule has 2 N–H and O–H groups in total. The smallest absolute Gasteiger partial charge is 0.279 e. The number of carbonyl (C=O) groups is 2. The van der Waals surface area contributed by atoms with Gasteiger partial charge in [-0.25, -0.2) is 0 Å². The lowest BCUT2D eigenvalue weighted by Crippen LogP contribution is -2.48. The third-order valence-corrected chi connectivity index (χ3v) is 4.93. The fourth-order valence-corrected chi connectivity index (χ4v) is 2.71. The number of nitrogens with one attached hydrogen (secondary N) is 2. The molecule has 0 spiro atoms. The molecule has 0 heterocycles. The largest absolute Gasteiger partial charge is 0.484 e. The number of ether oxygens (including phenoxy) is 2. The van der Waals surface area contributed by atoms with Crippen LogP contribution >= 0.6 is 11.6 Å². The van der Waals surface area contributed by atoms with Gasteiger partial charge in [0.1, 0.15) is 11.5 Å². The van der Waals surface area contributed by atoms with Crippen molar-refractivity contribution in [3.8, 4) is 11.5 Å². The predicted octanol–water partition coefficient (Wildman–Crippen LogP) is 4.07. The predicted molar refractivity (Wildman–Crippen MR) is 113 cm³/mol. The summed E-state index contributed by atoms with van der Waals surface area (Å²) >= 11 is 6.11. The molecule has 2 rings (SSSR count). The van der Waals surface area contributed by atoms with Gasteiger partial charge in [-0.05, 0) is 67.6 Å². The molecule has 2 aromatic carbocycles. The third-order valence-electron chi connectivity index (χ3n) is 4.33. The van der Waals surface area contributed by atoms with Gasteiger partial charge in [-0.3, -0.25) is 20.4 Å². The molecule has 0 bridgehead atoms. The van der Waals surface area contributed by atoms with Crippen LogP contribution in [0.3, 0.4) is 0 Å². The second-order valence-corrected chi connectivity index (χ2v) is 7.56. The molecule has 0 aliphatic heterocycles. The van der Waals surface area contributed by atoms with Crippen molar-refractivity contribution in [2.75, 3.05) is 6.61 Å². The van der Waals surface area contributed by atoms with Crippen LogP contribution in [-0.2, 0) is 9.59 Å². The SMILES string of the molecule is Cc1cc(OCC(=O)NNC(=O)[C@H](C)Oc2ccc(C(C)C)cc2)cc(C)c1Cl. The van der Waals surface area contributed by atoms with Gasteiger partial charge in [0.2, 0.25) is 0 Å². The first-order valence-corrected chi connectivity index (χ1v) is 9.80. The average molecular weight is 419 g/mol. The maximum Gasteiger partial charge on any atom is 0.279 e. The first-order chi connectivity index (χ1) is 13.7. The molecule has 6 nitrogen and oxygen atoms in total. The van der Waals surface area contributed by atoms with Gasteiger partial charge in [-0.2, -0.15) is 0 Å². The molecule has 0 radical (unpaired) electrons. The van der Waals surface area contributed by atoms with Crippen LogP contribution < -0.4 is 20.3 Å². The minimum atomic E-state index is -0.775. The lowest BCUT2D eigenvalue weighted by atomic mass is 10.0. The highest BCUT2D eigenvalue weighted by molar-refractivity contribution is 6.32. The van der Waals surface area contributed by atoms with Gasteiger partial charge in [0.15, 0.2) is 12.7 Å². The summed E-state index contributed by atoms with van der Waals surface area (Å²) in [5.74, 6) is 0.581. The van der Waals surface area contributed by atoms with Crippen LogP contribution in [0.25, 0.3) is 0 Å². The first kappa shape index (κ1) is 22.6. The Labute approximate surface area is 176 Å². The van der Waals surface area contributed by atoms with Crippen molar-refractivity contribution in [1.29, 1.82) is 0 Å². The van der Waals surface area contributed by atoms with Crippen LogP contribution in [0, 0.1) is 13.8 Å². The zero-order chi connectivity index (χ0) is 21.6. The number of halogens is 1. The Bertz CT molecular complexity index is 843. The summed E-state index contributed by atoms with van der Waals surface area (Å²) < 4.78 is 11.1. The third kappa shape index (κ3) is 6.68. The molecular weight excluding hydrogens is 392 g/mol. The van der Waals surface area contributed by atoms with Crippen molar-refractivity contribution >= 4 is 23.4 Å². The minimum absolute atomic E-state index is 0.243. The molecule has 0 aliphatic carbocycles. The molecule has 7 heteroatoms. The van der Waals surface area contributed by atoms with Crippen LogP contribution in [0.15, 0.2) is 36.4 Å². The van der Waals surface area contributed by atoms with E-state index in [2.05, 4.69) is 24.7 Å². The fraction of sp³-hybridized carbons (Fsp3) is 0.364. The number of hydrazine groups is 1. The van der Waals surface area contributed by atoms with E-state index in [0.29, 0.717) is 22.4 Å². The normalized spacial score (nSPS) is 11.7. The van der Waals surface area contributed by atoms with Gasteiger partial charge < -0.3 is 9.47 Å². The molecular formula is C22H27ClN2O4. The van der Waals surface area contributed by atoms with Crippen molar-refractivity contribution in [2.24, 2.45) is 0 Å². The second-order valence-electron chi connectivity index (χ2n) is 7.18. The van der Waals surface area contributed by atoms with E-state index in [9.17, 15) is 9.59 Å². The number of aryl methyl sites for hydroxylation is 2. The van der Waals surface area contributed by atoms with E-state index in [4.69, 9.17) is 21.1 Å². The Morgan fingerprint density at radius 3 is 2.10 bits per heavy atom. The van der Waals surface area contributed by atoms with Crippen LogP contribution in [-0.4, -0.2) is 24.5 Å². The zero-order valence-corrected chi connectivity index (χ0v) is 18.1. The Kier molecular flexibility index (Phi) is 7.91. The highest BCUT2D eigenvalue weighted by Gasteiger charge is 2.16. The Balaban J connectivity index is 1.78. The van der Waals surface area contributed by atoms with E-state index >= 15 is 0 Å². The minimum Gasteiger partial charge on any atom is -0.484 e. The van der Waals surface area contributed by atoms with Gasteiger partial charge in [-0.15, -0.1) is 0 Å². The lowest BCUT2D eigenvalue weighted by Gasteiger charge is -2.16. The number of hydrogen-bond acceptors (Lipinski definition) is 4. The number of hydrogen-bond donors (Lipinski definition) is 2. The molecule has 0 aromatic heterocycles. The average Bonchev–Trinajstić information content (AvgIpc) is 2.68. The van der Waals surface area contributed by atoms with Crippen LogP contribution in [0.4, 0.5) is 0 Å². The molecule has 0 saturated heterocycles. The van der Waals surface area contributed by atoms with Crippen molar-refractivity contribution in [3.63, 3.8) is 0 Å². The van der Waals surface area contributed by atoms with Gasteiger partial charge in [-0.1, -0.05) is 37.6 Å². The maximum absolute atomic E-state index is 12.1. The summed E-state index contributed by atoms with van der Waals surface area (Å²) in [6.07, 6.45) is -0.775. The van der Waals surface area contributed by atoms with Crippen molar-refractivity contribution in [3.05, 3.63) is 58.1 Å². The number of carbonyl (C=O) groups excluding carboxylic acids is 2. The molecule has 0 saturated carbocycles. The molecule has 29 heavy (non-hydrogen) atoms. The van der Waals surface area contributed by atoms with Crippen molar-refractivity contribution in [2.45, 2.75) is 46.6 Å². The summed E-state index contributed by atoms with van der Waals surface area (Å²) in [6.45, 7) is 9.29. The quantitative estimate of drug-likeness (QED) is 0.664. The number of benzene rings is 2. The highest BCUT2D eigenvalue weighted by Crippen LogP contribution is 2.25. The van der Waals surface area contributed by atoms with Crippen LogP contribution in [0.2, 0.25) is 5.02 Å². The monoisotopic (exact) mass is 418 g/mol. The summed E-state index contributed by atoms with van der Waals surface area (Å²) in [4.78, 5) is 24.0. The zero-order valence-electron chi connectivity index (χ0n) is 17.3. The van der Waals surface area contributed by atoms with Crippen molar-refractivity contribution in [1.82, 2.24) is 10.9 Å². The second kappa shape index (κ2) is 10.2. The standard InChI is InChI=1S/C22H27ClN2O4/c1-13(2)17-6-8-18(9-7-17)29-16(5)22(27)25-24-20(26)12-28-19-10-14(3)21(23)15(4)11-19/h6-11,13,16H,12H2,1-5H3,(H,24,26)(H,25,27)/t16-/m0/s1. The maximum atomic E-state index is 12.1. The van der Waals surface area contributed by atoms with Gasteiger partial charge >= 0.3 is 0 Å². The van der Waals surface area contributed by atoms with Gasteiger partial charge in [0.05, 0.1) is 0 Å². The molecule has 0 aliphatic rings. The van der Waals surface area contributed by atoms with E-state index < -0.39 is 17.9 Å². The summed E-state index contributed by atoms with van der Waals surface area (Å²) in [5.41, 5.74) is 7.57. The molecule has 0 fully saturated rings. The Hall–Kier alpha value is -2.73. The van der Waals surface area contributed by atoms with E-state index in [1.54, 1.807) is 19.1 Å². The molecule has 0 unspecified atom stereocenters. The molecule has 2 amide bonds. The highest BCUT2D eigenvalue weighted by atomic mass is 35.5. The van der Waals surface area contributed by atoms with Crippen molar-refractivity contribution < 1.29 is 19.1 Å². The van der Waals surface area contributed by atoms with E-state index in [0.717, 1.165) is 11.1 Å². The molecule has 2 aromatic rings. The fourth-order valence-electron chi connectivity index (χ4n) is 2.60. The summed E-state index contributed by atoms with van der Waals surface area (Å²) in [7, 11) is 0. The van der Waals surface area contributed by atoms with E-state index in [1.165, 1.54) is 5.56 Å². The van der Waals surface area contributed by atoms with E-state index in [-0.39, 0.29) is 6.61 Å². The van der Waals surface area contributed by atoms with Crippen LogP contribution in [0.1, 0.15) is 43.4 Å². The summed E-state index contributed by atoms with van der Waals surface area (Å²) in [5, 5.41) is 0.668. The molecule has 1 atom stereocenters. The van der Waals surface area contributed by atoms with Crippen LogP contribution in [0.5, 0.6) is 11.5 Å². The lowest BCUT2D eigenvalue weighted by molar-refractivity contribution is -0.133. The first-order valence-electron chi connectivity index (χ1n) is 9.42.